The summed E-state index contributed by atoms with van der Waals surface area (Å²) in [5.74, 6) is 2.99. The van der Waals surface area contributed by atoms with Crippen LogP contribution in [-0.4, -0.2) is 42.0 Å². The molecule has 1 aromatic rings. The van der Waals surface area contributed by atoms with Crippen LogP contribution < -0.4 is 10.5 Å². The normalized spacial score (nSPS) is 18.3. The summed E-state index contributed by atoms with van der Waals surface area (Å²) in [4.78, 5) is 13.9. The summed E-state index contributed by atoms with van der Waals surface area (Å²) in [6, 6.07) is 7.73. The number of para-hydroxylation sites is 2. The van der Waals surface area contributed by atoms with E-state index in [0.29, 0.717) is 30.5 Å². The van der Waals surface area contributed by atoms with Crippen LogP contribution >= 0.6 is 11.8 Å². The fourth-order valence-electron chi connectivity index (χ4n) is 2.07. The quantitative estimate of drug-likeness (QED) is 0.838. The lowest BCUT2D eigenvalue weighted by Crippen LogP contribution is -2.37. The number of carbonyl (C=O) groups is 1. The smallest absolute Gasteiger partial charge is 0.226 e. The highest BCUT2D eigenvalue weighted by Crippen LogP contribution is 2.22. The molecule has 1 atom stereocenters. The summed E-state index contributed by atoms with van der Waals surface area (Å²) in [7, 11) is 1.88. The Morgan fingerprint density at radius 3 is 3.00 bits per heavy atom. The van der Waals surface area contributed by atoms with Gasteiger partial charge in [0.2, 0.25) is 5.91 Å². The van der Waals surface area contributed by atoms with Crippen LogP contribution in [0, 0.1) is 0 Å². The van der Waals surface area contributed by atoms with Crippen LogP contribution in [0.2, 0.25) is 0 Å². The molecule has 1 amide bonds. The van der Waals surface area contributed by atoms with Gasteiger partial charge in [-0.05, 0) is 24.3 Å². The Bertz CT molecular complexity index is 433. The van der Waals surface area contributed by atoms with Crippen LogP contribution in [0.1, 0.15) is 12.8 Å². The Morgan fingerprint density at radius 1 is 1.53 bits per heavy atom. The van der Waals surface area contributed by atoms with Gasteiger partial charge in [0.15, 0.2) is 0 Å². The standard InChI is InChI=1S/C14H20N2O2S/c1-16(11-7-9-19-10-11)14(17)6-8-18-13-5-3-2-4-12(13)15/h2-5,11H,6-10,15H2,1H3. The first kappa shape index (κ1) is 14.1. The van der Waals surface area contributed by atoms with E-state index >= 15 is 0 Å². The third-order valence-corrected chi connectivity index (χ3v) is 4.48. The third-order valence-electron chi connectivity index (χ3n) is 3.34. The number of nitrogen functional groups attached to an aromatic ring is 1. The van der Waals surface area contributed by atoms with Gasteiger partial charge in [-0.1, -0.05) is 12.1 Å². The maximum absolute atomic E-state index is 12.0. The predicted octanol–water partition coefficient (Wildman–Crippen LogP) is 2.00. The van der Waals surface area contributed by atoms with Gasteiger partial charge in [0, 0.05) is 18.8 Å². The number of nitrogens with zero attached hydrogens (tertiary/aromatic N) is 1. The molecule has 0 aromatic heterocycles. The number of benzene rings is 1. The molecule has 2 N–H and O–H groups in total. The molecule has 104 valence electrons. The molecule has 1 heterocycles. The number of thioether (sulfide) groups is 1. The number of hydrogen-bond donors (Lipinski definition) is 1. The second-order valence-corrected chi connectivity index (χ2v) is 5.81. The van der Waals surface area contributed by atoms with Crippen molar-refractivity contribution >= 4 is 23.4 Å². The van der Waals surface area contributed by atoms with E-state index < -0.39 is 0 Å². The molecule has 0 spiro atoms. The van der Waals surface area contributed by atoms with E-state index in [9.17, 15) is 4.79 Å². The van der Waals surface area contributed by atoms with Gasteiger partial charge in [-0.15, -0.1) is 0 Å². The minimum Gasteiger partial charge on any atom is -0.491 e. The summed E-state index contributed by atoms with van der Waals surface area (Å²) in [6.07, 6.45) is 1.49. The van der Waals surface area contributed by atoms with Crippen LogP contribution in [0.15, 0.2) is 24.3 Å². The van der Waals surface area contributed by atoms with Crippen molar-refractivity contribution in [1.29, 1.82) is 0 Å². The number of amides is 1. The average Bonchev–Trinajstić information content (AvgIpc) is 2.94. The van der Waals surface area contributed by atoms with Gasteiger partial charge >= 0.3 is 0 Å². The first-order chi connectivity index (χ1) is 9.18. The minimum atomic E-state index is 0.141. The topological polar surface area (TPSA) is 55.6 Å². The van der Waals surface area contributed by atoms with Gasteiger partial charge < -0.3 is 15.4 Å². The predicted molar refractivity (Wildman–Crippen MR) is 79.5 cm³/mol. The largest absolute Gasteiger partial charge is 0.491 e. The average molecular weight is 280 g/mol. The summed E-state index contributed by atoms with van der Waals surface area (Å²) in [6.45, 7) is 0.372. The molecule has 2 rings (SSSR count). The van der Waals surface area contributed by atoms with E-state index in [1.165, 1.54) is 0 Å². The molecule has 1 aliphatic heterocycles. The number of hydrogen-bond acceptors (Lipinski definition) is 4. The molecular formula is C14H20N2O2S. The molecule has 1 unspecified atom stereocenters. The van der Waals surface area contributed by atoms with E-state index in [0.717, 1.165) is 17.9 Å². The van der Waals surface area contributed by atoms with Gasteiger partial charge in [0.05, 0.1) is 18.7 Å². The molecule has 0 radical (unpaired) electrons. The molecule has 4 nitrogen and oxygen atoms in total. The van der Waals surface area contributed by atoms with E-state index in [2.05, 4.69) is 0 Å². The zero-order valence-corrected chi connectivity index (χ0v) is 12.0. The maximum Gasteiger partial charge on any atom is 0.226 e. The molecule has 5 heteroatoms. The highest BCUT2D eigenvalue weighted by Gasteiger charge is 2.23. The highest BCUT2D eigenvalue weighted by atomic mass is 32.2. The van der Waals surface area contributed by atoms with Crippen molar-refractivity contribution in [2.45, 2.75) is 18.9 Å². The molecule has 0 bridgehead atoms. The Balaban J connectivity index is 1.76. The molecule has 1 aliphatic rings. The Morgan fingerprint density at radius 2 is 2.32 bits per heavy atom. The van der Waals surface area contributed by atoms with Crippen molar-refractivity contribution < 1.29 is 9.53 Å². The van der Waals surface area contributed by atoms with Crippen LogP contribution in [-0.2, 0) is 4.79 Å². The van der Waals surface area contributed by atoms with Crippen molar-refractivity contribution in [2.24, 2.45) is 0 Å². The lowest BCUT2D eigenvalue weighted by molar-refractivity contribution is -0.132. The number of anilines is 1. The van der Waals surface area contributed by atoms with Crippen molar-refractivity contribution in [1.82, 2.24) is 4.90 Å². The zero-order valence-electron chi connectivity index (χ0n) is 11.2. The van der Waals surface area contributed by atoms with Crippen LogP contribution in [0.3, 0.4) is 0 Å². The summed E-state index contributed by atoms with van der Waals surface area (Å²) < 4.78 is 5.54. The molecule has 1 aromatic carbocycles. The maximum atomic E-state index is 12.0. The van der Waals surface area contributed by atoms with Gasteiger partial charge in [0.1, 0.15) is 5.75 Å². The highest BCUT2D eigenvalue weighted by molar-refractivity contribution is 7.99. The molecule has 1 saturated heterocycles. The Kier molecular flexibility index (Phi) is 4.96. The third kappa shape index (κ3) is 3.80. The Labute approximate surface area is 118 Å². The van der Waals surface area contributed by atoms with Crippen molar-refractivity contribution in [2.75, 3.05) is 30.9 Å². The van der Waals surface area contributed by atoms with Crippen LogP contribution in [0.5, 0.6) is 5.75 Å². The lowest BCUT2D eigenvalue weighted by atomic mass is 10.2. The summed E-state index contributed by atoms with van der Waals surface area (Å²) in [5, 5.41) is 0. The van der Waals surface area contributed by atoms with Crippen LogP contribution in [0.4, 0.5) is 5.69 Å². The van der Waals surface area contributed by atoms with E-state index in [4.69, 9.17) is 10.5 Å². The second kappa shape index (κ2) is 6.70. The SMILES string of the molecule is CN(C(=O)CCOc1ccccc1N)C1CCSC1. The van der Waals surface area contributed by atoms with Gasteiger partial charge in [-0.3, -0.25) is 4.79 Å². The zero-order chi connectivity index (χ0) is 13.7. The fraction of sp³-hybridized carbons (Fsp3) is 0.500. The van der Waals surface area contributed by atoms with Crippen molar-refractivity contribution in [3.8, 4) is 5.75 Å². The molecular weight excluding hydrogens is 260 g/mol. The second-order valence-electron chi connectivity index (χ2n) is 4.66. The molecule has 0 saturated carbocycles. The van der Waals surface area contributed by atoms with Crippen molar-refractivity contribution in [3.05, 3.63) is 24.3 Å². The number of ether oxygens (including phenoxy) is 1. The minimum absolute atomic E-state index is 0.141. The number of nitrogens with two attached hydrogens (primary N) is 1. The first-order valence-corrected chi connectivity index (χ1v) is 7.64. The van der Waals surface area contributed by atoms with Gasteiger partial charge in [0.25, 0.3) is 0 Å². The van der Waals surface area contributed by atoms with E-state index in [-0.39, 0.29) is 5.91 Å². The monoisotopic (exact) mass is 280 g/mol. The molecule has 19 heavy (non-hydrogen) atoms. The van der Waals surface area contributed by atoms with Crippen LogP contribution in [0.25, 0.3) is 0 Å². The van der Waals surface area contributed by atoms with E-state index in [1.54, 1.807) is 6.07 Å². The molecule has 0 aliphatic carbocycles. The van der Waals surface area contributed by atoms with E-state index in [1.807, 2.05) is 41.9 Å². The summed E-state index contributed by atoms with van der Waals surface area (Å²) in [5.41, 5.74) is 6.38. The van der Waals surface area contributed by atoms with Gasteiger partial charge in [-0.2, -0.15) is 11.8 Å². The van der Waals surface area contributed by atoms with Gasteiger partial charge in [-0.25, -0.2) is 0 Å². The fourth-order valence-corrected chi connectivity index (χ4v) is 3.34. The number of rotatable bonds is 5. The summed E-state index contributed by atoms with van der Waals surface area (Å²) >= 11 is 1.91. The number of carbonyl (C=O) groups excluding carboxylic acids is 1. The van der Waals surface area contributed by atoms with Crippen molar-refractivity contribution in [3.63, 3.8) is 0 Å². The first-order valence-electron chi connectivity index (χ1n) is 6.49. The Hall–Kier alpha value is -1.36. The lowest BCUT2D eigenvalue weighted by Gasteiger charge is -2.23. The molecule has 1 fully saturated rings.